The highest BCUT2D eigenvalue weighted by Crippen LogP contribution is 2.23. The summed E-state index contributed by atoms with van der Waals surface area (Å²) in [7, 11) is 0. The van der Waals surface area contributed by atoms with E-state index in [1.165, 1.54) is 6.92 Å². The first-order valence-electron chi connectivity index (χ1n) is 7.06. The van der Waals surface area contributed by atoms with Crippen LogP contribution < -0.4 is 16.0 Å². The Kier molecular flexibility index (Phi) is 5.91. The Bertz CT molecular complexity index is 746. The molecule has 2 rings (SSSR count). The molecule has 8 nitrogen and oxygen atoms in total. The van der Waals surface area contributed by atoms with Gasteiger partial charge in [-0.05, 0) is 24.3 Å². The summed E-state index contributed by atoms with van der Waals surface area (Å²) in [6.45, 7) is 0.917. The maximum Gasteiger partial charge on any atom is 0.243 e. The Morgan fingerprint density at radius 1 is 1.17 bits per heavy atom. The fourth-order valence-electron chi connectivity index (χ4n) is 1.83. The summed E-state index contributed by atoms with van der Waals surface area (Å²) < 4.78 is 1.61. The van der Waals surface area contributed by atoms with Crippen LogP contribution in [0.2, 0.25) is 5.02 Å². The molecule has 0 aliphatic heterocycles. The van der Waals surface area contributed by atoms with Gasteiger partial charge in [-0.15, -0.1) is 0 Å². The molecule has 0 saturated carbocycles. The van der Waals surface area contributed by atoms with Gasteiger partial charge in [0.15, 0.2) is 0 Å². The Labute approximate surface area is 143 Å². The largest absolute Gasteiger partial charge is 0.347 e. The number of nitrogens with zero attached hydrogens (tertiary/aromatic N) is 2. The van der Waals surface area contributed by atoms with E-state index in [-0.39, 0.29) is 19.0 Å². The SMILES string of the molecule is CC(=O)NCC(=O)NCC(=O)Nc1ccc(-n2cccn2)c(Cl)c1. The molecule has 0 spiro atoms. The Balaban J connectivity index is 1.87. The molecule has 3 amide bonds. The van der Waals surface area contributed by atoms with Crippen molar-refractivity contribution < 1.29 is 14.4 Å². The van der Waals surface area contributed by atoms with Gasteiger partial charge in [0.05, 0.1) is 23.8 Å². The van der Waals surface area contributed by atoms with Crippen LogP contribution in [0.1, 0.15) is 6.92 Å². The lowest BCUT2D eigenvalue weighted by Crippen LogP contribution is -2.39. The fourth-order valence-corrected chi connectivity index (χ4v) is 2.10. The summed E-state index contributed by atoms with van der Waals surface area (Å²) in [5.74, 6) is -1.18. The molecule has 0 bridgehead atoms. The molecule has 0 radical (unpaired) electrons. The zero-order valence-corrected chi connectivity index (χ0v) is 13.6. The van der Waals surface area contributed by atoms with Gasteiger partial charge in [0.1, 0.15) is 0 Å². The number of carbonyl (C=O) groups excluding carboxylic acids is 3. The highest BCUT2D eigenvalue weighted by Gasteiger charge is 2.09. The topological polar surface area (TPSA) is 105 Å². The van der Waals surface area contributed by atoms with Crippen LogP contribution in [-0.4, -0.2) is 40.6 Å². The van der Waals surface area contributed by atoms with Crippen LogP contribution in [0.3, 0.4) is 0 Å². The average Bonchev–Trinajstić information content (AvgIpc) is 3.05. The number of nitrogens with one attached hydrogen (secondary N) is 3. The molecule has 0 saturated heterocycles. The van der Waals surface area contributed by atoms with Gasteiger partial charge in [-0.2, -0.15) is 5.10 Å². The Morgan fingerprint density at radius 3 is 2.54 bits per heavy atom. The van der Waals surface area contributed by atoms with Crippen molar-refractivity contribution in [1.29, 1.82) is 0 Å². The molecule has 3 N–H and O–H groups in total. The Hall–Kier alpha value is -2.87. The molecular weight excluding hydrogens is 334 g/mol. The summed E-state index contributed by atoms with van der Waals surface area (Å²) in [6, 6.07) is 6.77. The van der Waals surface area contributed by atoms with Gasteiger partial charge < -0.3 is 16.0 Å². The number of aromatic nitrogens is 2. The summed E-state index contributed by atoms with van der Waals surface area (Å²) in [6.07, 6.45) is 3.39. The predicted octanol–water partition coefficient (Wildman–Crippen LogP) is 0.717. The van der Waals surface area contributed by atoms with Crippen molar-refractivity contribution in [2.45, 2.75) is 6.92 Å². The van der Waals surface area contributed by atoms with Crippen molar-refractivity contribution in [2.24, 2.45) is 0 Å². The molecule has 126 valence electrons. The minimum atomic E-state index is -0.451. The van der Waals surface area contributed by atoms with E-state index in [1.807, 2.05) is 0 Å². The molecule has 24 heavy (non-hydrogen) atoms. The van der Waals surface area contributed by atoms with E-state index < -0.39 is 11.8 Å². The number of anilines is 1. The number of amides is 3. The molecule has 9 heteroatoms. The Morgan fingerprint density at radius 2 is 1.92 bits per heavy atom. The van der Waals surface area contributed by atoms with Gasteiger partial charge in [-0.3, -0.25) is 14.4 Å². The lowest BCUT2D eigenvalue weighted by Gasteiger charge is -2.09. The maximum atomic E-state index is 11.8. The number of carbonyl (C=O) groups is 3. The van der Waals surface area contributed by atoms with Gasteiger partial charge in [0, 0.05) is 25.0 Å². The van der Waals surface area contributed by atoms with Crippen LogP contribution in [0.5, 0.6) is 0 Å². The molecule has 0 atom stereocenters. The molecule has 0 aliphatic carbocycles. The lowest BCUT2D eigenvalue weighted by atomic mass is 10.2. The second-order valence-electron chi connectivity index (χ2n) is 4.85. The van der Waals surface area contributed by atoms with Crippen molar-refractivity contribution in [3.05, 3.63) is 41.7 Å². The van der Waals surface area contributed by atoms with Crippen molar-refractivity contribution in [3.8, 4) is 5.69 Å². The van der Waals surface area contributed by atoms with E-state index in [0.717, 1.165) is 0 Å². The molecule has 2 aromatic rings. The molecular formula is C15H16ClN5O3. The molecule has 0 unspecified atom stereocenters. The molecule has 1 heterocycles. The van der Waals surface area contributed by atoms with Crippen LogP contribution in [0.4, 0.5) is 5.69 Å². The summed E-state index contributed by atoms with van der Waals surface area (Å²) >= 11 is 6.18. The van der Waals surface area contributed by atoms with Crippen molar-refractivity contribution in [1.82, 2.24) is 20.4 Å². The fraction of sp³-hybridized carbons (Fsp3) is 0.200. The van der Waals surface area contributed by atoms with Crippen LogP contribution >= 0.6 is 11.6 Å². The number of hydrogen-bond acceptors (Lipinski definition) is 4. The minimum Gasteiger partial charge on any atom is -0.347 e. The van der Waals surface area contributed by atoms with Gasteiger partial charge in [-0.25, -0.2) is 4.68 Å². The third kappa shape index (κ3) is 5.10. The van der Waals surface area contributed by atoms with E-state index in [2.05, 4.69) is 21.0 Å². The van der Waals surface area contributed by atoms with E-state index >= 15 is 0 Å². The highest BCUT2D eigenvalue weighted by molar-refractivity contribution is 6.32. The van der Waals surface area contributed by atoms with Crippen LogP contribution in [0.15, 0.2) is 36.7 Å². The van der Waals surface area contributed by atoms with Gasteiger partial charge >= 0.3 is 0 Å². The summed E-state index contributed by atoms with van der Waals surface area (Å²) in [4.78, 5) is 33.9. The lowest BCUT2D eigenvalue weighted by molar-refractivity contribution is -0.126. The van der Waals surface area contributed by atoms with Gasteiger partial charge in [0.2, 0.25) is 17.7 Å². The number of benzene rings is 1. The monoisotopic (exact) mass is 349 g/mol. The zero-order valence-electron chi connectivity index (χ0n) is 12.9. The van der Waals surface area contributed by atoms with Crippen molar-refractivity contribution >= 4 is 35.0 Å². The summed E-state index contributed by atoms with van der Waals surface area (Å²) in [5.41, 5.74) is 1.18. The van der Waals surface area contributed by atoms with E-state index in [1.54, 1.807) is 41.3 Å². The van der Waals surface area contributed by atoms with E-state index in [0.29, 0.717) is 16.4 Å². The average molecular weight is 350 g/mol. The third-order valence-corrected chi connectivity index (χ3v) is 3.23. The predicted molar refractivity (Wildman–Crippen MR) is 88.9 cm³/mol. The minimum absolute atomic E-state index is 0.174. The van der Waals surface area contributed by atoms with Crippen molar-refractivity contribution in [2.75, 3.05) is 18.4 Å². The van der Waals surface area contributed by atoms with Crippen LogP contribution in [0.25, 0.3) is 5.69 Å². The first-order chi connectivity index (χ1) is 11.5. The standard InChI is InChI=1S/C15H16ClN5O3/c1-10(22)17-8-14(23)18-9-15(24)20-11-3-4-13(12(16)7-11)21-6-2-5-19-21/h2-7H,8-9H2,1H3,(H,17,22)(H,18,23)(H,20,24). The van der Waals surface area contributed by atoms with Crippen molar-refractivity contribution in [3.63, 3.8) is 0 Å². The zero-order chi connectivity index (χ0) is 17.5. The molecule has 0 aliphatic rings. The third-order valence-electron chi connectivity index (χ3n) is 2.93. The van der Waals surface area contributed by atoms with Gasteiger partial charge in [0.25, 0.3) is 0 Å². The van der Waals surface area contributed by atoms with Crippen LogP contribution in [0, 0.1) is 0 Å². The molecule has 0 fully saturated rings. The second-order valence-corrected chi connectivity index (χ2v) is 5.26. The van der Waals surface area contributed by atoms with Gasteiger partial charge in [-0.1, -0.05) is 11.6 Å². The van der Waals surface area contributed by atoms with E-state index in [9.17, 15) is 14.4 Å². The number of halogens is 1. The molecule has 1 aromatic carbocycles. The number of hydrogen-bond donors (Lipinski definition) is 3. The first kappa shape index (κ1) is 17.5. The summed E-state index contributed by atoms with van der Waals surface area (Å²) in [5, 5.41) is 11.9. The highest BCUT2D eigenvalue weighted by atomic mass is 35.5. The molecule has 1 aromatic heterocycles. The number of rotatable bonds is 6. The quantitative estimate of drug-likeness (QED) is 0.714. The van der Waals surface area contributed by atoms with Crippen LogP contribution in [-0.2, 0) is 14.4 Å². The maximum absolute atomic E-state index is 11.8. The smallest absolute Gasteiger partial charge is 0.243 e. The second kappa shape index (κ2) is 8.11. The normalized spacial score (nSPS) is 10.1. The van der Waals surface area contributed by atoms with E-state index in [4.69, 9.17) is 11.6 Å². The first-order valence-corrected chi connectivity index (χ1v) is 7.44.